The van der Waals surface area contributed by atoms with E-state index in [0.717, 1.165) is 0 Å². The van der Waals surface area contributed by atoms with Crippen LogP contribution in [-0.4, -0.2) is 36.6 Å². The minimum Gasteiger partial charge on any atom is -0.295 e. The lowest BCUT2D eigenvalue weighted by molar-refractivity contribution is -0.117. The van der Waals surface area contributed by atoms with Crippen molar-refractivity contribution in [2.75, 3.05) is 17.2 Å². The molecule has 0 bridgehead atoms. The lowest BCUT2D eigenvalue weighted by Crippen LogP contribution is -2.26. The second-order valence-corrected chi connectivity index (χ2v) is 5.78. The normalized spacial score (nSPS) is 20.4. The molecule has 6 nitrogen and oxygen atoms in total. The van der Waals surface area contributed by atoms with Gasteiger partial charge in [0.1, 0.15) is 5.15 Å². The van der Waals surface area contributed by atoms with E-state index < -0.39 is 21.9 Å². The Morgan fingerprint density at radius 1 is 1.44 bits per heavy atom. The van der Waals surface area contributed by atoms with Crippen molar-refractivity contribution in [1.29, 1.82) is 0 Å². The molecule has 0 saturated carbocycles. The van der Waals surface area contributed by atoms with E-state index in [0.29, 0.717) is 0 Å². The summed E-state index contributed by atoms with van der Waals surface area (Å²) in [6, 6.07) is 0. The first-order chi connectivity index (χ1) is 8.35. The van der Waals surface area contributed by atoms with Crippen LogP contribution in [0, 0.1) is 5.92 Å². The second-order valence-electron chi connectivity index (χ2n) is 3.98. The van der Waals surface area contributed by atoms with Gasteiger partial charge in [0, 0.05) is 18.9 Å². The number of rotatable bonds is 3. The van der Waals surface area contributed by atoms with Crippen molar-refractivity contribution >= 4 is 33.5 Å². The van der Waals surface area contributed by atoms with E-state index in [9.17, 15) is 17.1 Å². The molecular formula is C9H9ClFN3O3S. The molecule has 1 aliphatic rings. The molecule has 1 amide bonds. The summed E-state index contributed by atoms with van der Waals surface area (Å²) in [6.07, 6.45) is 2.57. The average Bonchev–Trinajstić information content (AvgIpc) is 2.58. The maximum absolute atomic E-state index is 12.5. The number of aromatic nitrogens is 2. The highest BCUT2D eigenvalue weighted by Gasteiger charge is 2.34. The van der Waals surface area contributed by atoms with Gasteiger partial charge in [-0.3, -0.25) is 9.69 Å². The predicted octanol–water partition coefficient (Wildman–Crippen LogP) is 0.782. The highest BCUT2D eigenvalue weighted by Crippen LogP contribution is 2.24. The molecule has 1 saturated heterocycles. The summed E-state index contributed by atoms with van der Waals surface area (Å²) in [5.41, 5.74) is 0. The molecule has 0 aromatic carbocycles. The first-order valence-corrected chi connectivity index (χ1v) is 6.98. The van der Waals surface area contributed by atoms with Crippen LogP contribution in [-0.2, 0) is 15.0 Å². The van der Waals surface area contributed by atoms with E-state index in [2.05, 4.69) is 9.97 Å². The number of hydrogen-bond donors (Lipinski definition) is 0. The fourth-order valence-electron chi connectivity index (χ4n) is 1.84. The van der Waals surface area contributed by atoms with E-state index in [1.807, 2.05) is 0 Å². The summed E-state index contributed by atoms with van der Waals surface area (Å²) in [6.45, 7) is 0.109. The molecule has 1 aliphatic heterocycles. The molecule has 18 heavy (non-hydrogen) atoms. The number of amides is 1. The number of carbonyl (C=O) groups is 1. The van der Waals surface area contributed by atoms with Crippen molar-refractivity contribution in [1.82, 2.24) is 9.97 Å². The van der Waals surface area contributed by atoms with E-state index in [-0.39, 0.29) is 29.8 Å². The number of carbonyl (C=O) groups excluding carboxylic acids is 1. The van der Waals surface area contributed by atoms with Gasteiger partial charge in [-0.15, -0.1) is 3.89 Å². The van der Waals surface area contributed by atoms with Gasteiger partial charge >= 0.3 is 10.2 Å². The van der Waals surface area contributed by atoms with E-state index in [4.69, 9.17) is 11.6 Å². The largest absolute Gasteiger partial charge is 0.302 e. The highest BCUT2D eigenvalue weighted by molar-refractivity contribution is 7.86. The smallest absolute Gasteiger partial charge is 0.295 e. The summed E-state index contributed by atoms with van der Waals surface area (Å²) in [7, 11) is -4.58. The molecule has 1 aromatic rings. The van der Waals surface area contributed by atoms with Crippen molar-refractivity contribution in [3.8, 4) is 0 Å². The predicted molar refractivity (Wildman–Crippen MR) is 62.4 cm³/mol. The monoisotopic (exact) mass is 293 g/mol. The Balaban J connectivity index is 2.12. The molecular weight excluding hydrogens is 285 g/mol. The second kappa shape index (κ2) is 4.77. The molecule has 1 atom stereocenters. The first-order valence-electron chi connectivity index (χ1n) is 5.05. The molecule has 2 rings (SSSR count). The third kappa shape index (κ3) is 3.14. The van der Waals surface area contributed by atoms with Crippen molar-refractivity contribution < 1.29 is 17.1 Å². The quantitative estimate of drug-likeness (QED) is 0.770. The maximum Gasteiger partial charge on any atom is 0.302 e. The van der Waals surface area contributed by atoms with Gasteiger partial charge in [-0.1, -0.05) is 11.6 Å². The minimum absolute atomic E-state index is 0.0204. The Labute approximate surface area is 108 Å². The fourth-order valence-corrected chi connectivity index (χ4v) is 2.72. The number of nitrogens with zero attached hydrogens (tertiary/aromatic N) is 3. The molecule has 0 aliphatic carbocycles. The van der Waals surface area contributed by atoms with Gasteiger partial charge in [0.25, 0.3) is 0 Å². The Kier molecular flexibility index (Phi) is 3.49. The zero-order valence-electron chi connectivity index (χ0n) is 9.08. The number of hydrogen-bond acceptors (Lipinski definition) is 5. The number of anilines is 1. The van der Waals surface area contributed by atoms with Crippen LogP contribution >= 0.6 is 11.6 Å². The first kappa shape index (κ1) is 13.2. The zero-order valence-corrected chi connectivity index (χ0v) is 10.7. The summed E-state index contributed by atoms with van der Waals surface area (Å²) >= 11 is 5.56. The van der Waals surface area contributed by atoms with E-state index in [1.165, 1.54) is 17.3 Å². The van der Waals surface area contributed by atoms with Gasteiger partial charge in [0.2, 0.25) is 5.91 Å². The molecule has 0 spiro atoms. The van der Waals surface area contributed by atoms with Gasteiger partial charge in [-0.2, -0.15) is 8.42 Å². The van der Waals surface area contributed by atoms with E-state index >= 15 is 0 Å². The zero-order chi connectivity index (χ0) is 13.3. The van der Waals surface area contributed by atoms with Gasteiger partial charge in [0.05, 0.1) is 18.1 Å². The summed E-state index contributed by atoms with van der Waals surface area (Å²) in [4.78, 5) is 20.6. The summed E-state index contributed by atoms with van der Waals surface area (Å²) in [5.74, 6) is -1.25. The van der Waals surface area contributed by atoms with Crippen LogP contribution in [0.25, 0.3) is 0 Å². The van der Waals surface area contributed by atoms with Crippen LogP contribution in [0.3, 0.4) is 0 Å². The third-order valence-electron chi connectivity index (χ3n) is 2.52. The Morgan fingerprint density at radius 2 is 2.17 bits per heavy atom. The third-order valence-corrected chi connectivity index (χ3v) is 3.59. The molecule has 2 heterocycles. The van der Waals surface area contributed by atoms with Crippen molar-refractivity contribution in [3.05, 3.63) is 17.5 Å². The topological polar surface area (TPSA) is 80.2 Å². The molecule has 0 N–H and O–H groups in total. The van der Waals surface area contributed by atoms with Crippen molar-refractivity contribution in [3.63, 3.8) is 0 Å². The fraction of sp³-hybridized carbons (Fsp3) is 0.444. The Morgan fingerprint density at radius 3 is 2.72 bits per heavy atom. The van der Waals surface area contributed by atoms with Crippen LogP contribution in [0.5, 0.6) is 0 Å². The van der Waals surface area contributed by atoms with Gasteiger partial charge in [-0.25, -0.2) is 9.97 Å². The van der Waals surface area contributed by atoms with Crippen LogP contribution in [0.2, 0.25) is 5.15 Å². The minimum atomic E-state index is -4.58. The van der Waals surface area contributed by atoms with Gasteiger partial charge < -0.3 is 0 Å². The molecule has 0 radical (unpaired) electrons. The van der Waals surface area contributed by atoms with Gasteiger partial charge in [0.15, 0.2) is 5.82 Å². The lowest BCUT2D eigenvalue weighted by atomic mass is 10.1. The van der Waals surface area contributed by atoms with Crippen LogP contribution < -0.4 is 4.90 Å². The summed E-state index contributed by atoms with van der Waals surface area (Å²) in [5, 5.41) is 0.188. The van der Waals surface area contributed by atoms with Crippen molar-refractivity contribution in [2.24, 2.45) is 5.92 Å². The molecule has 9 heteroatoms. The maximum atomic E-state index is 12.5. The van der Waals surface area contributed by atoms with Crippen LogP contribution in [0.4, 0.5) is 9.70 Å². The highest BCUT2D eigenvalue weighted by atomic mass is 35.5. The SMILES string of the molecule is O=C1CC(CS(=O)(=O)F)CN1c1cnc(Cl)cn1. The molecule has 1 fully saturated rings. The van der Waals surface area contributed by atoms with E-state index in [1.54, 1.807) is 0 Å². The standard InChI is InChI=1S/C9H9ClFN3O3S/c10-7-2-13-8(3-12-7)14-4-6(1-9(14)15)5-18(11,16)17/h2-3,6H,1,4-5H2. The Bertz CT molecular complexity index is 563. The van der Waals surface area contributed by atoms with Crippen molar-refractivity contribution in [2.45, 2.75) is 6.42 Å². The Hall–Kier alpha value is -1.28. The molecule has 98 valence electrons. The average molecular weight is 294 g/mol. The number of halogens is 2. The summed E-state index contributed by atoms with van der Waals surface area (Å²) < 4.78 is 33.6. The van der Waals surface area contributed by atoms with Crippen LogP contribution in [0.15, 0.2) is 12.4 Å². The molecule has 1 aromatic heterocycles. The van der Waals surface area contributed by atoms with Crippen LogP contribution in [0.1, 0.15) is 6.42 Å². The van der Waals surface area contributed by atoms with Gasteiger partial charge in [-0.05, 0) is 0 Å². The molecule has 1 unspecified atom stereocenters. The lowest BCUT2D eigenvalue weighted by Gasteiger charge is -2.14.